The molecule has 0 fully saturated rings. The van der Waals surface area contributed by atoms with Crippen LogP contribution in [0.4, 0.5) is 0 Å². The van der Waals surface area contributed by atoms with Crippen molar-refractivity contribution in [3.8, 4) is 17.7 Å². The van der Waals surface area contributed by atoms with Gasteiger partial charge in [-0.05, 0) is 30.7 Å². The molecular formula is C23H29N5O3Si. The smallest absolute Gasteiger partial charge is 0.255 e. The van der Waals surface area contributed by atoms with E-state index in [-0.39, 0.29) is 11.8 Å². The van der Waals surface area contributed by atoms with Crippen molar-refractivity contribution in [3.63, 3.8) is 0 Å². The third-order valence-electron chi connectivity index (χ3n) is 4.74. The Morgan fingerprint density at radius 1 is 1.31 bits per heavy atom. The SMILES string of the molecule is CCCNC(=O)c1cn(COCC[Si](C)(C)C)c2ncc(Oc3cccc(C#N)c3)nc12. The summed E-state index contributed by atoms with van der Waals surface area (Å²) in [5, 5.41) is 12.0. The first-order chi connectivity index (χ1) is 15.3. The van der Waals surface area contributed by atoms with E-state index in [1.54, 1.807) is 35.0 Å². The summed E-state index contributed by atoms with van der Waals surface area (Å²) in [5.74, 6) is 0.508. The highest BCUT2D eigenvalue weighted by molar-refractivity contribution is 6.76. The van der Waals surface area contributed by atoms with Crippen molar-refractivity contribution in [2.24, 2.45) is 0 Å². The molecule has 2 heterocycles. The molecule has 2 aromatic heterocycles. The molecule has 3 rings (SSSR count). The number of benzene rings is 1. The molecule has 1 amide bonds. The Bertz CT molecular complexity index is 1130. The van der Waals surface area contributed by atoms with Gasteiger partial charge in [0.2, 0.25) is 5.88 Å². The van der Waals surface area contributed by atoms with Crippen LogP contribution in [0.3, 0.4) is 0 Å². The molecular weight excluding hydrogens is 422 g/mol. The molecule has 168 valence electrons. The molecule has 0 aliphatic carbocycles. The summed E-state index contributed by atoms with van der Waals surface area (Å²) in [4.78, 5) is 21.8. The lowest BCUT2D eigenvalue weighted by Gasteiger charge is -2.15. The van der Waals surface area contributed by atoms with E-state index in [2.05, 4.69) is 41.0 Å². The monoisotopic (exact) mass is 451 g/mol. The summed E-state index contributed by atoms with van der Waals surface area (Å²) < 4.78 is 13.5. The van der Waals surface area contributed by atoms with Gasteiger partial charge in [-0.1, -0.05) is 32.6 Å². The van der Waals surface area contributed by atoms with Gasteiger partial charge in [0.1, 0.15) is 18.0 Å². The molecule has 9 heteroatoms. The van der Waals surface area contributed by atoms with Gasteiger partial charge in [-0.15, -0.1) is 0 Å². The minimum Gasteiger partial charge on any atom is -0.437 e. The van der Waals surface area contributed by atoms with Gasteiger partial charge >= 0.3 is 0 Å². The van der Waals surface area contributed by atoms with Crippen molar-refractivity contribution >= 4 is 25.1 Å². The molecule has 1 N–H and O–H groups in total. The van der Waals surface area contributed by atoms with Crippen LogP contribution in [0.1, 0.15) is 29.3 Å². The van der Waals surface area contributed by atoms with Gasteiger partial charge in [-0.2, -0.15) is 5.26 Å². The Hall–Kier alpha value is -3.22. The van der Waals surface area contributed by atoms with E-state index in [1.807, 2.05) is 6.92 Å². The van der Waals surface area contributed by atoms with Crippen LogP contribution in [0.25, 0.3) is 11.2 Å². The summed E-state index contributed by atoms with van der Waals surface area (Å²) in [6.45, 7) is 10.4. The highest BCUT2D eigenvalue weighted by Crippen LogP contribution is 2.25. The van der Waals surface area contributed by atoms with E-state index in [0.717, 1.165) is 12.5 Å². The van der Waals surface area contributed by atoms with Crippen LogP contribution >= 0.6 is 0 Å². The molecule has 0 saturated carbocycles. The average Bonchev–Trinajstić information content (AvgIpc) is 3.12. The first kappa shape index (κ1) is 23.4. The fourth-order valence-electron chi connectivity index (χ4n) is 2.97. The number of hydrogen-bond acceptors (Lipinski definition) is 6. The van der Waals surface area contributed by atoms with E-state index in [9.17, 15) is 4.79 Å². The lowest BCUT2D eigenvalue weighted by Crippen LogP contribution is -2.24. The highest BCUT2D eigenvalue weighted by atomic mass is 28.3. The van der Waals surface area contributed by atoms with Gasteiger partial charge < -0.3 is 19.4 Å². The zero-order valence-corrected chi connectivity index (χ0v) is 20.0. The van der Waals surface area contributed by atoms with Crippen molar-refractivity contribution in [2.45, 2.75) is 45.8 Å². The molecule has 0 spiro atoms. The predicted octanol–water partition coefficient (Wildman–Crippen LogP) is 4.55. The predicted molar refractivity (Wildman–Crippen MR) is 125 cm³/mol. The van der Waals surface area contributed by atoms with Crippen LogP contribution in [0.5, 0.6) is 11.6 Å². The quantitative estimate of drug-likeness (QED) is 0.358. The van der Waals surface area contributed by atoms with E-state index in [4.69, 9.17) is 14.7 Å². The number of nitrogens with zero attached hydrogens (tertiary/aromatic N) is 4. The van der Waals surface area contributed by atoms with Crippen molar-refractivity contribution in [3.05, 3.63) is 47.8 Å². The Kier molecular flexibility index (Phi) is 7.61. The number of nitriles is 1. The maximum atomic E-state index is 12.7. The molecule has 0 saturated heterocycles. The fourth-order valence-corrected chi connectivity index (χ4v) is 3.73. The van der Waals surface area contributed by atoms with E-state index in [0.29, 0.717) is 47.9 Å². The van der Waals surface area contributed by atoms with Crippen molar-refractivity contribution in [1.29, 1.82) is 5.26 Å². The second-order valence-electron chi connectivity index (χ2n) is 8.74. The maximum Gasteiger partial charge on any atom is 0.255 e. The molecule has 1 aromatic carbocycles. The summed E-state index contributed by atoms with van der Waals surface area (Å²) in [5.41, 5.74) is 1.91. The number of rotatable bonds is 10. The fraction of sp³-hybridized carbons (Fsp3) is 0.391. The third-order valence-corrected chi connectivity index (χ3v) is 6.44. The Labute approximate surface area is 189 Å². The third kappa shape index (κ3) is 6.15. The molecule has 32 heavy (non-hydrogen) atoms. The largest absolute Gasteiger partial charge is 0.437 e. The van der Waals surface area contributed by atoms with Crippen LogP contribution < -0.4 is 10.1 Å². The average molecular weight is 452 g/mol. The zero-order valence-electron chi connectivity index (χ0n) is 19.0. The van der Waals surface area contributed by atoms with E-state index >= 15 is 0 Å². The van der Waals surface area contributed by atoms with Gasteiger partial charge in [-0.25, -0.2) is 9.97 Å². The number of carbonyl (C=O) groups is 1. The van der Waals surface area contributed by atoms with E-state index < -0.39 is 8.07 Å². The van der Waals surface area contributed by atoms with Gasteiger partial charge in [0.25, 0.3) is 5.91 Å². The van der Waals surface area contributed by atoms with Crippen molar-refractivity contribution < 1.29 is 14.3 Å². The van der Waals surface area contributed by atoms with Crippen LogP contribution in [0, 0.1) is 11.3 Å². The molecule has 0 atom stereocenters. The molecule has 0 unspecified atom stereocenters. The standard InChI is InChI=1S/C23H29N5O3Si/c1-5-9-25-23(29)19-15-28(16-30-10-11-32(2,3)4)22-21(19)27-20(14-26-22)31-18-8-6-7-17(12-18)13-24/h6-8,12,14-15H,5,9-11,16H2,1-4H3,(H,25,29). The first-order valence-corrected chi connectivity index (χ1v) is 14.4. The maximum absolute atomic E-state index is 12.7. The number of hydrogen-bond donors (Lipinski definition) is 1. The summed E-state index contributed by atoms with van der Waals surface area (Å²) in [6, 6.07) is 9.92. The van der Waals surface area contributed by atoms with Crippen molar-refractivity contribution in [1.82, 2.24) is 19.9 Å². The lowest BCUT2D eigenvalue weighted by atomic mass is 10.2. The number of fused-ring (bicyclic) bond motifs is 1. The number of aromatic nitrogens is 3. The summed E-state index contributed by atoms with van der Waals surface area (Å²) in [6.07, 6.45) is 4.07. The molecule has 0 aliphatic rings. The molecule has 0 aliphatic heterocycles. The van der Waals surface area contributed by atoms with Crippen LogP contribution in [-0.4, -0.2) is 41.7 Å². The van der Waals surface area contributed by atoms with Gasteiger partial charge in [-0.3, -0.25) is 4.79 Å². The van der Waals surface area contributed by atoms with Crippen LogP contribution in [0.15, 0.2) is 36.7 Å². The number of ether oxygens (including phenoxy) is 2. The highest BCUT2D eigenvalue weighted by Gasteiger charge is 2.19. The first-order valence-electron chi connectivity index (χ1n) is 10.7. The minimum absolute atomic E-state index is 0.212. The molecule has 0 bridgehead atoms. The van der Waals surface area contributed by atoms with Crippen molar-refractivity contribution in [2.75, 3.05) is 13.2 Å². The number of carbonyl (C=O) groups excluding carboxylic acids is 1. The summed E-state index contributed by atoms with van der Waals surface area (Å²) >= 11 is 0. The molecule has 0 radical (unpaired) electrons. The normalized spacial score (nSPS) is 11.3. The Morgan fingerprint density at radius 2 is 2.12 bits per heavy atom. The zero-order chi connectivity index (χ0) is 23.1. The van der Waals surface area contributed by atoms with Crippen LogP contribution in [-0.2, 0) is 11.5 Å². The minimum atomic E-state index is -1.19. The molecule has 3 aromatic rings. The second-order valence-corrected chi connectivity index (χ2v) is 14.4. The molecule has 8 nitrogen and oxygen atoms in total. The number of nitrogens with one attached hydrogen (secondary N) is 1. The van der Waals surface area contributed by atoms with Gasteiger partial charge in [0.05, 0.1) is 23.4 Å². The Balaban J connectivity index is 1.88. The topological polar surface area (TPSA) is 102 Å². The van der Waals surface area contributed by atoms with Crippen LogP contribution in [0.2, 0.25) is 25.7 Å². The van der Waals surface area contributed by atoms with Gasteiger partial charge in [0.15, 0.2) is 5.65 Å². The lowest BCUT2D eigenvalue weighted by molar-refractivity contribution is 0.0892. The Morgan fingerprint density at radius 3 is 2.84 bits per heavy atom. The van der Waals surface area contributed by atoms with E-state index in [1.165, 1.54) is 6.20 Å². The second kappa shape index (κ2) is 10.4. The summed E-state index contributed by atoms with van der Waals surface area (Å²) in [7, 11) is -1.19. The number of amides is 1. The van der Waals surface area contributed by atoms with Gasteiger partial charge in [0, 0.05) is 27.4 Å².